The van der Waals surface area contributed by atoms with Crippen LogP contribution < -0.4 is 10.2 Å². The molecule has 31 heavy (non-hydrogen) atoms. The highest BCUT2D eigenvalue weighted by Crippen LogP contribution is 2.28. The second kappa shape index (κ2) is 9.39. The summed E-state index contributed by atoms with van der Waals surface area (Å²) in [6, 6.07) is 16.4. The van der Waals surface area contributed by atoms with Gasteiger partial charge >= 0.3 is 0 Å². The van der Waals surface area contributed by atoms with E-state index in [0.29, 0.717) is 11.7 Å². The van der Waals surface area contributed by atoms with Gasteiger partial charge in [-0.25, -0.2) is 0 Å². The number of nitrogens with zero attached hydrogens (tertiary/aromatic N) is 3. The summed E-state index contributed by atoms with van der Waals surface area (Å²) in [5.74, 6) is -0.588. The summed E-state index contributed by atoms with van der Waals surface area (Å²) in [6.07, 6.45) is 3.00. The molecule has 1 aliphatic heterocycles. The Morgan fingerprint density at radius 3 is 2.58 bits per heavy atom. The Labute approximate surface area is 186 Å². The van der Waals surface area contributed by atoms with E-state index in [0.717, 1.165) is 41.1 Å². The molecule has 7 heteroatoms. The number of carbonyl (C=O) groups is 2. The molecule has 1 unspecified atom stereocenters. The number of carbonyl (C=O) groups excluding carboxylic acids is 2. The fourth-order valence-corrected chi connectivity index (χ4v) is 4.72. The van der Waals surface area contributed by atoms with Crippen LogP contribution in [0.4, 0.5) is 10.8 Å². The van der Waals surface area contributed by atoms with Crippen molar-refractivity contribution in [2.24, 2.45) is 5.92 Å². The Kier molecular flexibility index (Phi) is 6.42. The Balaban J connectivity index is 1.31. The van der Waals surface area contributed by atoms with Crippen molar-refractivity contribution in [3.63, 3.8) is 0 Å². The second-order valence-corrected chi connectivity index (χ2v) is 9.14. The van der Waals surface area contributed by atoms with Crippen LogP contribution in [0.2, 0.25) is 0 Å². The minimum atomic E-state index is -0.390. The van der Waals surface area contributed by atoms with Crippen LogP contribution in [0.5, 0.6) is 0 Å². The number of rotatable bonds is 7. The van der Waals surface area contributed by atoms with Gasteiger partial charge in [0.2, 0.25) is 16.9 Å². The number of hydrogen-bond acceptors (Lipinski definition) is 5. The maximum Gasteiger partial charge on any atom is 0.231 e. The molecule has 1 atom stereocenters. The molecule has 0 bridgehead atoms. The molecule has 2 heterocycles. The average molecular weight is 435 g/mol. The van der Waals surface area contributed by atoms with Gasteiger partial charge in [-0.1, -0.05) is 47.7 Å². The molecule has 0 aliphatic carbocycles. The van der Waals surface area contributed by atoms with Gasteiger partial charge in [0, 0.05) is 25.1 Å². The molecule has 0 saturated carbocycles. The number of nitrogens with one attached hydrogen (secondary N) is 1. The van der Waals surface area contributed by atoms with Crippen molar-refractivity contribution in [3.05, 3.63) is 70.2 Å². The third-order valence-corrected chi connectivity index (χ3v) is 6.31. The van der Waals surface area contributed by atoms with Crippen LogP contribution in [0.3, 0.4) is 0 Å². The first kappa shape index (κ1) is 21.2. The first-order valence-corrected chi connectivity index (χ1v) is 11.4. The van der Waals surface area contributed by atoms with E-state index >= 15 is 0 Å². The van der Waals surface area contributed by atoms with Crippen molar-refractivity contribution < 1.29 is 9.59 Å². The van der Waals surface area contributed by atoms with Crippen LogP contribution in [0, 0.1) is 19.8 Å². The molecule has 1 aromatic heterocycles. The quantitative estimate of drug-likeness (QED) is 0.601. The van der Waals surface area contributed by atoms with Gasteiger partial charge in [-0.2, -0.15) is 0 Å². The minimum Gasteiger partial charge on any atom is -0.312 e. The molecule has 160 valence electrons. The van der Waals surface area contributed by atoms with Crippen molar-refractivity contribution in [1.82, 2.24) is 10.2 Å². The van der Waals surface area contributed by atoms with Gasteiger partial charge < -0.3 is 10.2 Å². The van der Waals surface area contributed by atoms with E-state index in [4.69, 9.17) is 0 Å². The normalized spacial score (nSPS) is 16.0. The molecule has 2 aromatic carbocycles. The zero-order chi connectivity index (χ0) is 21.8. The predicted molar refractivity (Wildman–Crippen MR) is 123 cm³/mol. The van der Waals surface area contributed by atoms with Gasteiger partial charge in [-0.05, 0) is 55.5 Å². The molecule has 2 amide bonds. The molecular weight excluding hydrogens is 408 g/mol. The molecule has 1 N–H and O–H groups in total. The Morgan fingerprint density at radius 1 is 1.10 bits per heavy atom. The van der Waals surface area contributed by atoms with Gasteiger partial charge in [0.15, 0.2) is 0 Å². The molecule has 1 aliphatic rings. The lowest BCUT2D eigenvalue weighted by Gasteiger charge is -2.18. The summed E-state index contributed by atoms with van der Waals surface area (Å²) >= 11 is 1.40. The van der Waals surface area contributed by atoms with E-state index in [9.17, 15) is 9.59 Å². The van der Waals surface area contributed by atoms with E-state index < -0.39 is 5.92 Å². The lowest BCUT2D eigenvalue weighted by Crippen LogP contribution is -2.28. The zero-order valence-electron chi connectivity index (χ0n) is 17.8. The number of aromatic nitrogens is 2. The van der Waals surface area contributed by atoms with Crippen molar-refractivity contribution in [1.29, 1.82) is 0 Å². The van der Waals surface area contributed by atoms with E-state index in [2.05, 4.69) is 33.7 Å². The van der Waals surface area contributed by atoms with Gasteiger partial charge in [-0.3, -0.25) is 9.59 Å². The minimum absolute atomic E-state index is 0.0241. The Hall–Kier alpha value is -3.06. The van der Waals surface area contributed by atoms with Crippen LogP contribution in [-0.2, 0) is 22.4 Å². The summed E-state index contributed by atoms with van der Waals surface area (Å²) in [5.41, 5.74) is 4.36. The fraction of sp³-hybridized carbons (Fsp3) is 0.333. The van der Waals surface area contributed by atoms with Gasteiger partial charge in [0.1, 0.15) is 5.01 Å². The Morgan fingerprint density at radius 2 is 1.84 bits per heavy atom. The fourth-order valence-electron chi connectivity index (χ4n) is 3.94. The predicted octanol–water partition coefficient (Wildman–Crippen LogP) is 4.32. The summed E-state index contributed by atoms with van der Waals surface area (Å²) in [6.45, 7) is 4.40. The molecule has 6 nitrogen and oxygen atoms in total. The highest BCUT2D eigenvalue weighted by Gasteiger charge is 2.35. The molecule has 1 fully saturated rings. The molecule has 4 rings (SSSR count). The summed E-state index contributed by atoms with van der Waals surface area (Å²) in [7, 11) is 0. The van der Waals surface area contributed by atoms with Gasteiger partial charge in [0.25, 0.3) is 0 Å². The van der Waals surface area contributed by atoms with E-state index in [1.807, 2.05) is 44.2 Å². The number of anilines is 2. The summed E-state index contributed by atoms with van der Waals surface area (Å²) in [4.78, 5) is 27.0. The lowest BCUT2D eigenvalue weighted by molar-refractivity contribution is -0.122. The van der Waals surface area contributed by atoms with Crippen LogP contribution in [0.25, 0.3) is 0 Å². The summed E-state index contributed by atoms with van der Waals surface area (Å²) in [5, 5.41) is 12.6. The van der Waals surface area contributed by atoms with Gasteiger partial charge in [0.05, 0.1) is 5.92 Å². The topological polar surface area (TPSA) is 75.2 Å². The third-order valence-electron chi connectivity index (χ3n) is 5.41. The molecular formula is C24H26N4O2S. The van der Waals surface area contributed by atoms with Crippen LogP contribution in [0.15, 0.2) is 48.5 Å². The zero-order valence-corrected chi connectivity index (χ0v) is 18.6. The molecule has 0 radical (unpaired) electrons. The first-order valence-electron chi connectivity index (χ1n) is 10.5. The summed E-state index contributed by atoms with van der Waals surface area (Å²) < 4.78 is 0. The highest BCUT2D eigenvalue weighted by atomic mass is 32.1. The maximum absolute atomic E-state index is 12.7. The highest BCUT2D eigenvalue weighted by molar-refractivity contribution is 7.15. The van der Waals surface area contributed by atoms with E-state index in [1.54, 1.807) is 4.90 Å². The second-order valence-electron chi connectivity index (χ2n) is 8.08. The maximum atomic E-state index is 12.7. The lowest BCUT2D eigenvalue weighted by atomic mass is 10.1. The monoisotopic (exact) mass is 434 g/mol. The van der Waals surface area contributed by atoms with Crippen LogP contribution >= 0.6 is 11.3 Å². The number of amides is 2. The average Bonchev–Trinajstić information content (AvgIpc) is 3.34. The number of benzene rings is 2. The SMILES string of the molecule is Cc1cc(C)cc(N2CC(C(=O)Nc3nnc(CCCc4ccccc4)s3)CC2=O)c1. The molecule has 3 aromatic rings. The molecule has 0 spiro atoms. The van der Waals surface area contributed by atoms with Gasteiger partial charge in [-0.15, -0.1) is 10.2 Å². The third kappa shape index (κ3) is 5.35. The number of aryl methyl sites for hydroxylation is 4. The van der Waals surface area contributed by atoms with E-state index in [-0.39, 0.29) is 18.2 Å². The van der Waals surface area contributed by atoms with Crippen molar-refractivity contribution in [2.75, 3.05) is 16.8 Å². The first-order chi connectivity index (χ1) is 15.0. The molecule has 1 saturated heterocycles. The van der Waals surface area contributed by atoms with E-state index in [1.165, 1.54) is 16.9 Å². The standard InChI is InChI=1S/C24H26N4O2S/c1-16-11-17(2)13-20(12-16)28-15-19(14-22(28)29)23(30)25-24-27-26-21(31-24)10-6-9-18-7-4-3-5-8-18/h3-5,7-8,11-13,19H,6,9-10,14-15H2,1-2H3,(H,25,27,30). The van der Waals surface area contributed by atoms with Crippen molar-refractivity contribution in [2.45, 2.75) is 39.5 Å². The largest absolute Gasteiger partial charge is 0.312 e. The number of hydrogen-bond donors (Lipinski definition) is 1. The van der Waals surface area contributed by atoms with Crippen molar-refractivity contribution in [3.8, 4) is 0 Å². The van der Waals surface area contributed by atoms with Crippen LogP contribution in [0.1, 0.15) is 34.5 Å². The van der Waals surface area contributed by atoms with Crippen LogP contribution in [-0.4, -0.2) is 28.6 Å². The van der Waals surface area contributed by atoms with Crippen molar-refractivity contribution >= 4 is 34.0 Å². The smallest absolute Gasteiger partial charge is 0.231 e. The Bertz CT molecular complexity index is 1060.